The summed E-state index contributed by atoms with van der Waals surface area (Å²) >= 11 is 1.62. The van der Waals surface area contributed by atoms with Gasteiger partial charge in [-0.05, 0) is 62.3 Å². The summed E-state index contributed by atoms with van der Waals surface area (Å²) in [5, 5.41) is 8.01. The Morgan fingerprint density at radius 2 is 1.24 bits per heavy atom. The predicted molar refractivity (Wildman–Crippen MR) is 123 cm³/mol. The van der Waals surface area contributed by atoms with Gasteiger partial charge in [0, 0.05) is 33.3 Å². The Labute approximate surface area is 176 Å². The third-order valence-electron chi connectivity index (χ3n) is 4.56. The van der Waals surface area contributed by atoms with Crippen LogP contribution in [0, 0.1) is 0 Å². The maximum Gasteiger partial charge on any atom is 0.196 e. The summed E-state index contributed by atoms with van der Waals surface area (Å²) in [5.41, 5.74) is 0.0258. The summed E-state index contributed by atoms with van der Waals surface area (Å²) < 4.78 is 13.6. The molecule has 0 saturated carbocycles. The number of hydrogen-bond donors (Lipinski definition) is 2. The SMILES string of the molecule is CCCNCCOc1ccc2sc3ccc(OCCNCCC)cc3c(=O)c2c1. The Kier molecular flexibility index (Phi) is 8.28. The largest absolute Gasteiger partial charge is 0.492 e. The molecule has 0 spiro atoms. The van der Waals surface area contributed by atoms with E-state index in [0.717, 1.165) is 59.9 Å². The molecular weight excluding hydrogens is 384 g/mol. The smallest absolute Gasteiger partial charge is 0.196 e. The van der Waals surface area contributed by atoms with E-state index >= 15 is 0 Å². The van der Waals surface area contributed by atoms with Crippen LogP contribution >= 0.6 is 11.3 Å². The van der Waals surface area contributed by atoms with Crippen LogP contribution in [0.5, 0.6) is 11.5 Å². The zero-order valence-corrected chi connectivity index (χ0v) is 18.1. The molecule has 1 heterocycles. The number of fused-ring (bicyclic) bond motifs is 2. The molecule has 0 radical (unpaired) electrons. The molecule has 0 bridgehead atoms. The normalized spacial score (nSPS) is 11.2. The second kappa shape index (κ2) is 11.1. The molecule has 0 aliphatic heterocycles. The van der Waals surface area contributed by atoms with Gasteiger partial charge in [-0.2, -0.15) is 0 Å². The summed E-state index contributed by atoms with van der Waals surface area (Å²) in [4.78, 5) is 13.1. The molecule has 0 saturated heterocycles. The lowest BCUT2D eigenvalue weighted by Gasteiger charge is -2.09. The van der Waals surface area contributed by atoms with Gasteiger partial charge in [-0.15, -0.1) is 11.3 Å². The van der Waals surface area contributed by atoms with Crippen LogP contribution in [0.4, 0.5) is 0 Å². The molecular formula is C23H30N2O3S. The van der Waals surface area contributed by atoms with Crippen molar-refractivity contribution in [1.82, 2.24) is 10.6 Å². The molecule has 0 fully saturated rings. The maximum atomic E-state index is 13.1. The van der Waals surface area contributed by atoms with Crippen molar-refractivity contribution in [2.24, 2.45) is 0 Å². The molecule has 6 heteroatoms. The standard InChI is InChI=1S/C23H30N2O3S/c1-3-9-24-11-13-27-17-5-7-21-19(15-17)23(26)20-16-18(6-8-22(20)29-21)28-14-12-25-10-4-2/h5-8,15-16,24-25H,3-4,9-14H2,1-2H3. The molecule has 156 valence electrons. The van der Waals surface area contributed by atoms with E-state index in [2.05, 4.69) is 24.5 Å². The van der Waals surface area contributed by atoms with Crippen LogP contribution in [-0.2, 0) is 0 Å². The van der Waals surface area contributed by atoms with Crippen LogP contribution in [-0.4, -0.2) is 39.4 Å². The van der Waals surface area contributed by atoms with Gasteiger partial charge in [0.1, 0.15) is 24.7 Å². The van der Waals surface area contributed by atoms with E-state index in [9.17, 15) is 4.79 Å². The quantitative estimate of drug-likeness (QED) is 0.344. The van der Waals surface area contributed by atoms with Crippen LogP contribution in [0.2, 0.25) is 0 Å². The van der Waals surface area contributed by atoms with Gasteiger partial charge in [0.25, 0.3) is 0 Å². The summed E-state index contributed by atoms with van der Waals surface area (Å²) in [6.45, 7) is 9.00. The second-order valence-corrected chi connectivity index (χ2v) is 8.03. The summed E-state index contributed by atoms with van der Waals surface area (Å²) in [5.74, 6) is 1.46. The highest BCUT2D eigenvalue weighted by Gasteiger charge is 2.09. The van der Waals surface area contributed by atoms with E-state index in [1.807, 2.05) is 36.4 Å². The van der Waals surface area contributed by atoms with E-state index in [0.29, 0.717) is 24.0 Å². The molecule has 2 aromatic carbocycles. The zero-order valence-electron chi connectivity index (χ0n) is 17.3. The number of hydrogen-bond acceptors (Lipinski definition) is 6. The average Bonchev–Trinajstić information content (AvgIpc) is 2.74. The first-order chi connectivity index (χ1) is 14.2. The minimum atomic E-state index is 0.0258. The Bertz CT molecular complexity index is 912. The molecule has 29 heavy (non-hydrogen) atoms. The minimum Gasteiger partial charge on any atom is -0.492 e. The molecule has 0 amide bonds. The number of nitrogens with one attached hydrogen (secondary N) is 2. The molecule has 3 rings (SSSR count). The van der Waals surface area contributed by atoms with Crippen molar-refractivity contribution < 1.29 is 9.47 Å². The molecule has 3 aromatic rings. The van der Waals surface area contributed by atoms with E-state index < -0.39 is 0 Å². The maximum absolute atomic E-state index is 13.1. The van der Waals surface area contributed by atoms with E-state index in [1.165, 1.54) is 0 Å². The fraction of sp³-hybridized carbons (Fsp3) is 0.435. The van der Waals surface area contributed by atoms with E-state index in [1.54, 1.807) is 11.3 Å². The number of ether oxygens (including phenoxy) is 2. The summed E-state index contributed by atoms with van der Waals surface area (Å²) in [6.07, 6.45) is 2.20. The Balaban J connectivity index is 1.76. The van der Waals surface area contributed by atoms with E-state index in [-0.39, 0.29) is 5.43 Å². The van der Waals surface area contributed by atoms with Crippen molar-refractivity contribution in [3.8, 4) is 11.5 Å². The highest BCUT2D eigenvalue weighted by molar-refractivity contribution is 7.24. The van der Waals surface area contributed by atoms with Crippen molar-refractivity contribution in [2.45, 2.75) is 26.7 Å². The lowest BCUT2D eigenvalue weighted by molar-refractivity contribution is 0.314. The predicted octanol–water partition coefficient (Wildman–Crippen LogP) is 4.17. The van der Waals surface area contributed by atoms with Crippen molar-refractivity contribution in [3.05, 3.63) is 46.6 Å². The second-order valence-electron chi connectivity index (χ2n) is 6.94. The van der Waals surface area contributed by atoms with Gasteiger partial charge in [0.05, 0.1) is 0 Å². The van der Waals surface area contributed by atoms with Crippen molar-refractivity contribution in [2.75, 3.05) is 39.4 Å². The van der Waals surface area contributed by atoms with Gasteiger partial charge in [-0.25, -0.2) is 0 Å². The fourth-order valence-electron chi connectivity index (χ4n) is 3.08. The molecule has 0 atom stereocenters. The molecule has 0 aliphatic rings. The third kappa shape index (κ3) is 5.92. The first-order valence-corrected chi connectivity index (χ1v) is 11.2. The Morgan fingerprint density at radius 3 is 1.69 bits per heavy atom. The van der Waals surface area contributed by atoms with Crippen molar-refractivity contribution in [3.63, 3.8) is 0 Å². The molecule has 1 aromatic heterocycles. The third-order valence-corrected chi connectivity index (χ3v) is 5.71. The first kappa shape index (κ1) is 21.6. The summed E-state index contributed by atoms with van der Waals surface area (Å²) in [7, 11) is 0. The van der Waals surface area contributed by atoms with Gasteiger partial charge in [0.2, 0.25) is 0 Å². The van der Waals surface area contributed by atoms with Crippen LogP contribution in [0.1, 0.15) is 26.7 Å². The van der Waals surface area contributed by atoms with Gasteiger partial charge in [0.15, 0.2) is 5.43 Å². The van der Waals surface area contributed by atoms with Crippen LogP contribution in [0.15, 0.2) is 41.2 Å². The lowest BCUT2D eigenvalue weighted by atomic mass is 10.1. The topological polar surface area (TPSA) is 59.6 Å². The van der Waals surface area contributed by atoms with Crippen LogP contribution in [0.3, 0.4) is 0 Å². The van der Waals surface area contributed by atoms with Gasteiger partial charge in [-0.3, -0.25) is 4.79 Å². The lowest BCUT2D eigenvalue weighted by Crippen LogP contribution is -2.21. The minimum absolute atomic E-state index is 0.0258. The van der Waals surface area contributed by atoms with Gasteiger partial charge < -0.3 is 20.1 Å². The summed E-state index contributed by atoms with van der Waals surface area (Å²) in [6, 6.07) is 11.5. The molecule has 5 nitrogen and oxygen atoms in total. The number of rotatable bonds is 12. The zero-order chi connectivity index (χ0) is 20.5. The average molecular weight is 415 g/mol. The Morgan fingerprint density at radius 1 is 0.759 bits per heavy atom. The van der Waals surface area contributed by atoms with Crippen molar-refractivity contribution >= 4 is 31.5 Å². The van der Waals surface area contributed by atoms with Crippen molar-refractivity contribution in [1.29, 1.82) is 0 Å². The van der Waals surface area contributed by atoms with Gasteiger partial charge >= 0.3 is 0 Å². The molecule has 0 aliphatic carbocycles. The Hall–Kier alpha value is -2.15. The molecule has 0 unspecified atom stereocenters. The van der Waals surface area contributed by atoms with Crippen LogP contribution in [0.25, 0.3) is 20.2 Å². The highest BCUT2D eigenvalue weighted by Crippen LogP contribution is 2.29. The highest BCUT2D eigenvalue weighted by atomic mass is 32.1. The van der Waals surface area contributed by atoms with Gasteiger partial charge in [-0.1, -0.05) is 13.8 Å². The first-order valence-electron chi connectivity index (χ1n) is 10.4. The molecule has 2 N–H and O–H groups in total. The van der Waals surface area contributed by atoms with Crippen LogP contribution < -0.4 is 25.5 Å². The monoisotopic (exact) mass is 414 g/mol. The number of benzene rings is 2. The fourth-order valence-corrected chi connectivity index (χ4v) is 4.11. The van der Waals surface area contributed by atoms with E-state index in [4.69, 9.17) is 9.47 Å².